The lowest BCUT2D eigenvalue weighted by Gasteiger charge is -2.16. The van der Waals surface area contributed by atoms with Gasteiger partial charge >= 0.3 is 0 Å². The van der Waals surface area contributed by atoms with Crippen LogP contribution < -0.4 is 5.32 Å². The van der Waals surface area contributed by atoms with Crippen LogP contribution >= 0.6 is 0 Å². The summed E-state index contributed by atoms with van der Waals surface area (Å²) in [4.78, 5) is 30.0. The highest BCUT2D eigenvalue weighted by molar-refractivity contribution is 6.11. The quantitative estimate of drug-likeness (QED) is 0.945. The summed E-state index contributed by atoms with van der Waals surface area (Å²) < 4.78 is 0. The van der Waals surface area contributed by atoms with Crippen molar-refractivity contribution in [3.63, 3.8) is 0 Å². The topological polar surface area (TPSA) is 62.3 Å². The average Bonchev–Trinajstić information content (AvgIpc) is 2.73. The van der Waals surface area contributed by atoms with Crippen LogP contribution in [0.3, 0.4) is 0 Å². The number of carbonyl (C=O) groups is 2. The molecule has 0 saturated carbocycles. The molecular formula is C17H15N3O2. The van der Waals surface area contributed by atoms with Gasteiger partial charge in [-0.25, -0.2) is 4.98 Å². The number of fused-ring (bicyclic) bond motifs is 1. The van der Waals surface area contributed by atoms with E-state index >= 15 is 0 Å². The number of nitrogens with one attached hydrogen (secondary N) is 1. The van der Waals surface area contributed by atoms with Gasteiger partial charge in [0.15, 0.2) is 0 Å². The summed E-state index contributed by atoms with van der Waals surface area (Å²) in [5, 5.41) is 2.69. The molecule has 1 aromatic heterocycles. The minimum absolute atomic E-state index is 0.0814. The predicted molar refractivity (Wildman–Crippen MR) is 84.1 cm³/mol. The minimum atomic E-state index is -0.305. The first kappa shape index (κ1) is 14.0. The van der Waals surface area contributed by atoms with Crippen LogP contribution in [0.2, 0.25) is 0 Å². The molecule has 0 radical (unpaired) electrons. The van der Waals surface area contributed by atoms with Crippen molar-refractivity contribution in [2.24, 2.45) is 0 Å². The second kappa shape index (κ2) is 5.44. The summed E-state index contributed by atoms with van der Waals surface area (Å²) in [6, 6.07) is 12.6. The van der Waals surface area contributed by atoms with Gasteiger partial charge in [0.05, 0.1) is 0 Å². The molecule has 5 nitrogen and oxygen atoms in total. The molecule has 1 aliphatic rings. The Labute approximate surface area is 128 Å². The highest BCUT2D eigenvalue weighted by Gasteiger charge is 2.31. The molecule has 0 fully saturated rings. The maximum atomic E-state index is 12.3. The van der Waals surface area contributed by atoms with Gasteiger partial charge in [0.2, 0.25) is 5.91 Å². The Hall–Kier alpha value is -2.95. The Balaban J connectivity index is 1.73. The molecule has 1 aliphatic heterocycles. The first-order valence-corrected chi connectivity index (χ1v) is 6.90. The Bertz CT molecular complexity index is 748. The molecule has 110 valence electrons. The van der Waals surface area contributed by atoms with Gasteiger partial charge in [-0.2, -0.15) is 0 Å². The highest BCUT2D eigenvalue weighted by Crippen LogP contribution is 2.30. The molecule has 0 aliphatic carbocycles. The number of pyridine rings is 1. The molecule has 1 N–H and O–H groups in total. The summed E-state index contributed by atoms with van der Waals surface area (Å²) >= 11 is 0. The lowest BCUT2D eigenvalue weighted by atomic mass is 10.1. The molecule has 0 atom stereocenters. The number of amides is 2. The second-order valence-electron chi connectivity index (χ2n) is 5.10. The van der Waals surface area contributed by atoms with E-state index in [4.69, 9.17) is 0 Å². The van der Waals surface area contributed by atoms with E-state index in [9.17, 15) is 9.59 Å². The zero-order valence-electron chi connectivity index (χ0n) is 12.2. The van der Waals surface area contributed by atoms with Crippen molar-refractivity contribution in [3.05, 3.63) is 65.9 Å². The maximum Gasteiger partial charge on any atom is 0.259 e. The van der Waals surface area contributed by atoms with Crippen LogP contribution in [0.5, 0.6) is 0 Å². The van der Waals surface area contributed by atoms with Gasteiger partial charge in [0, 0.05) is 22.5 Å². The number of carbonyl (C=O) groups excluding carboxylic acids is 2. The van der Waals surface area contributed by atoms with Crippen molar-refractivity contribution in [2.75, 3.05) is 11.9 Å². The summed E-state index contributed by atoms with van der Waals surface area (Å²) in [5.41, 5.74) is 2.71. The Morgan fingerprint density at radius 3 is 2.59 bits per heavy atom. The molecule has 0 saturated heterocycles. The molecule has 5 heteroatoms. The van der Waals surface area contributed by atoms with Crippen molar-refractivity contribution in [1.82, 2.24) is 9.88 Å². The van der Waals surface area contributed by atoms with Crippen LogP contribution in [0.4, 0.5) is 5.82 Å². The van der Waals surface area contributed by atoms with Gasteiger partial charge in [0.25, 0.3) is 5.91 Å². The zero-order valence-corrected chi connectivity index (χ0v) is 12.2. The average molecular weight is 293 g/mol. The van der Waals surface area contributed by atoms with E-state index in [0.29, 0.717) is 17.1 Å². The lowest BCUT2D eigenvalue weighted by molar-refractivity contribution is -0.116. The van der Waals surface area contributed by atoms with E-state index in [-0.39, 0.29) is 18.4 Å². The van der Waals surface area contributed by atoms with E-state index < -0.39 is 0 Å². The summed E-state index contributed by atoms with van der Waals surface area (Å²) in [6.07, 6.45) is 0. The number of benzene rings is 1. The van der Waals surface area contributed by atoms with Crippen LogP contribution in [0, 0.1) is 6.92 Å². The van der Waals surface area contributed by atoms with Crippen LogP contribution in [0.15, 0.2) is 49.0 Å². The largest absolute Gasteiger partial charge is 0.309 e. The third-order valence-electron chi connectivity index (χ3n) is 3.50. The summed E-state index contributed by atoms with van der Waals surface area (Å²) in [6.45, 7) is 5.68. The minimum Gasteiger partial charge on any atom is -0.309 e. The molecule has 3 rings (SSSR count). The van der Waals surface area contributed by atoms with Gasteiger partial charge in [-0.1, -0.05) is 30.8 Å². The second-order valence-corrected chi connectivity index (χ2v) is 5.10. The SMILES string of the molecule is C=C1c2ccccc2C(=O)N1CC(=O)Nc1cccc(C)n1. The molecule has 2 aromatic rings. The number of nitrogens with zero attached hydrogens (tertiary/aromatic N) is 2. The normalized spacial score (nSPS) is 13.2. The van der Waals surface area contributed by atoms with Gasteiger partial charge in [-0.05, 0) is 25.1 Å². The van der Waals surface area contributed by atoms with Gasteiger partial charge in [-0.3, -0.25) is 14.5 Å². The van der Waals surface area contributed by atoms with E-state index in [2.05, 4.69) is 16.9 Å². The Morgan fingerprint density at radius 1 is 1.18 bits per heavy atom. The number of anilines is 1. The van der Waals surface area contributed by atoms with Crippen LogP contribution in [-0.2, 0) is 4.79 Å². The predicted octanol–water partition coefficient (Wildman–Crippen LogP) is 2.46. The van der Waals surface area contributed by atoms with Crippen molar-refractivity contribution >= 4 is 23.3 Å². The van der Waals surface area contributed by atoms with E-state index in [0.717, 1.165) is 11.3 Å². The number of aryl methyl sites for hydroxylation is 1. The third-order valence-corrected chi connectivity index (χ3v) is 3.50. The van der Waals surface area contributed by atoms with Gasteiger partial charge in [0.1, 0.15) is 12.4 Å². The maximum absolute atomic E-state index is 12.3. The van der Waals surface area contributed by atoms with E-state index in [1.807, 2.05) is 31.2 Å². The molecule has 2 heterocycles. The zero-order chi connectivity index (χ0) is 15.7. The number of hydrogen-bond donors (Lipinski definition) is 1. The number of hydrogen-bond acceptors (Lipinski definition) is 3. The van der Waals surface area contributed by atoms with Crippen LogP contribution in [-0.4, -0.2) is 28.2 Å². The monoisotopic (exact) mass is 293 g/mol. The molecule has 2 amide bonds. The van der Waals surface area contributed by atoms with E-state index in [1.54, 1.807) is 18.2 Å². The molecule has 0 spiro atoms. The molecule has 0 bridgehead atoms. The standard InChI is InChI=1S/C17H15N3O2/c1-11-6-5-9-15(18-11)19-16(21)10-20-12(2)13-7-3-4-8-14(13)17(20)22/h3-9H,2,10H2,1H3,(H,18,19,21). The van der Waals surface area contributed by atoms with Crippen LogP contribution in [0.1, 0.15) is 21.6 Å². The number of aromatic nitrogens is 1. The van der Waals surface area contributed by atoms with Crippen molar-refractivity contribution in [1.29, 1.82) is 0 Å². The molecule has 0 unspecified atom stereocenters. The van der Waals surface area contributed by atoms with Crippen molar-refractivity contribution in [3.8, 4) is 0 Å². The fourth-order valence-electron chi connectivity index (χ4n) is 2.44. The highest BCUT2D eigenvalue weighted by atomic mass is 16.2. The first-order chi connectivity index (χ1) is 10.6. The van der Waals surface area contributed by atoms with E-state index in [1.165, 1.54) is 4.90 Å². The molecular weight excluding hydrogens is 278 g/mol. The number of rotatable bonds is 3. The fourth-order valence-corrected chi connectivity index (χ4v) is 2.44. The van der Waals surface area contributed by atoms with Gasteiger partial charge < -0.3 is 5.32 Å². The molecule has 1 aromatic carbocycles. The molecule has 22 heavy (non-hydrogen) atoms. The fraction of sp³-hybridized carbons (Fsp3) is 0.118. The Kier molecular flexibility index (Phi) is 3.47. The van der Waals surface area contributed by atoms with Crippen molar-refractivity contribution < 1.29 is 9.59 Å². The lowest BCUT2D eigenvalue weighted by Crippen LogP contribution is -2.32. The van der Waals surface area contributed by atoms with Crippen LogP contribution in [0.25, 0.3) is 5.70 Å². The first-order valence-electron chi connectivity index (χ1n) is 6.90. The van der Waals surface area contributed by atoms with Crippen molar-refractivity contribution in [2.45, 2.75) is 6.92 Å². The summed E-state index contributed by atoms with van der Waals surface area (Å²) in [7, 11) is 0. The Morgan fingerprint density at radius 2 is 1.91 bits per heavy atom. The summed E-state index contributed by atoms with van der Waals surface area (Å²) in [5.74, 6) is -0.0341. The third kappa shape index (κ3) is 2.48. The van der Waals surface area contributed by atoms with Gasteiger partial charge in [-0.15, -0.1) is 0 Å². The smallest absolute Gasteiger partial charge is 0.259 e.